The first-order valence-corrected chi connectivity index (χ1v) is 11.4. The van der Waals surface area contributed by atoms with Gasteiger partial charge in [0, 0.05) is 11.8 Å². The molecule has 2 atom stereocenters. The van der Waals surface area contributed by atoms with E-state index in [1.165, 1.54) is 11.1 Å². The van der Waals surface area contributed by atoms with Gasteiger partial charge in [-0.3, -0.25) is 0 Å². The molecule has 0 saturated heterocycles. The Kier molecular flexibility index (Phi) is 6.23. The number of pyridine rings is 1. The lowest BCUT2D eigenvalue weighted by molar-refractivity contribution is 0.150. The Morgan fingerprint density at radius 1 is 1.12 bits per heavy atom. The predicted molar refractivity (Wildman–Crippen MR) is 132 cm³/mol. The van der Waals surface area contributed by atoms with E-state index in [-0.39, 0.29) is 12.1 Å². The number of aromatic amines is 1. The highest BCUT2D eigenvalue weighted by Gasteiger charge is 2.29. The van der Waals surface area contributed by atoms with Crippen LogP contribution in [0.2, 0.25) is 0 Å². The van der Waals surface area contributed by atoms with E-state index < -0.39 is 0 Å². The van der Waals surface area contributed by atoms with Crippen LogP contribution in [0.25, 0.3) is 11.3 Å². The van der Waals surface area contributed by atoms with Crippen molar-refractivity contribution in [3.63, 3.8) is 0 Å². The second-order valence-electron chi connectivity index (χ2n) is 8.40. The van der Waals surface area contributed by atoms with Gasteiger partial charge in [0.05, 0.1) is 41.8 Å². The van der Waals surface area contributed by atoms with Crippen molar-refractivity contribution >= 4 is 5.69 Å². The molecule has 34 heavy (non-hydrogen) atoms. The molecular formula is C27H26N6O. The van der Waals surface area contributed by atoms with Crippen molar-refractivity contribution in [2.45, 2.75) is 25.5 Å². The van der Waals surface area contributed by atoms with Crippen molar-refractivity contribution in [1.82, 2.24) is 20.3 Å². The fraction of sp³-hybridized carbons (Fsp3) is 0.222. The van der Waals surface area contributed by atoms with Crippen molar-refractivity contribution in [3.05, 3.63) is 95.6 Å². The van der Waals surface area contributed by atoms with E-state index in [0.29, 0.717) is 18.0 Å². The van der Waals surface area contributed by atoms with Gasteiger partial charge in [-0.05, 0) is 49.2 Å². The number of aryl methyl sites for hydroxylation is 1. The summed E-state index contributed by atoms with van der Waals surface area (Å²) in [6.07, 6.45) is 4.36. The highest BCUT2D eigenvalue weighted by molar-refractivity contribution is 5.67. The number of imidazole rings is 1. The minimum Gasteiger partial charge on any atom is -0.469 e. The molecule has 7 heteroatoms. The van der Waals surface area contributed by atoms with Crippen LogP contribution >= 0.6 is 0 Å². The third-order valence-corrected chi connectivity index (χ3v) is 6.01. The number of aromatic nitrogens is 3. The van der Waals surface area contributed by atoms with Gasteiger partial charge in [-0.2, -0.15) is 5.26 Å². The molecule has 3 N–H and O–H groups in total. The van der Waals surface area contributed by atoms with Crippen LogP contribution in [-0.4, -0.2) is 34.1 Å². The van der Waals surface area contributed by atoms with Crippen molar-refractivity contribution in [1.29, 1.82) is 5.26 Å². The zero-order valence-electron chi connectivity index (χ0n) is 19.0. The van der Waals surface area contributed by atoms with E-state index in [4.69, 9.17) is 10.00 Å². The van der Waals surface area contributed by atoms with Crippen LogP contribution in [0.5, 0.6) is 5.88 Å². The average molecular weight is 451 g/mol. The van der Waals surface area contributed by atoms with Gasteiger partial charge in [0.25, 0.3) is 0 Å². The Morgan fingerprint density at radius 2 is 1.94 bits per heavy atom. The van der Waals surface area contributed by atoms with Gasteiger partial charge in [-0.1, -0.05) is 42.5 Å². The number of fused-ring (bicyclic) bond motifs is 1. The van der Waals surface area contributed by atoms with E-state index in [0.717, 1.165) is 35.7 Å². The third kappa shape index (κ3) is 4.77. The van der Waals surface area contributed by atoms with Gasteiger partial charge < -0.3 is 20.4 Å². The number of hydrogen-bond donors (Lipinski definition) is 3. The van der Waals surface area contributed by atoms with Crippen LogP contribution in [0, 0.1) is 18.3 Å². The van der Waals surface area contributed by atoms with Crippen molar-refractivity contribution in [3.8, 4) is 23.2 Å². The van der Waals surface area contributed by atoms with Crippen LogP contribution in [0.4, 0.5) is 5.69 Å². The molecule has 0 bridgehead atoms. The van der Waals surface area contributed by atoms with Crippen LogP contribution in [0.1, 0.15) is 28.6 Å². The van der Waals surface area contributed by atoms with Gasteiger partial charge >= 0.3 is 0 Å². The number of anilines is 1. The number of nitrogens with zero attached hydrogens (tertiary/aromatic N) is 3. The van der Waals surface area contributed by atoms with Gasteiger partial charge in [0.15, 0.2) is 0 Å². The Labute approximate surface area is 198 Å². The molecule has 2 aromatic heterocycles. The monoisotopic (exact) mass is 450 g/mol. The molecule has 1 aliphatic rings. The largest absolute Gasteiger partial charge is 0.469 e. The van der Waals surface area contributed by atoms with Crippen molar-refractivity contribution in [2.75, 3.05) is 18.4 Å². The number of benzene rings is 2. The highest BCUT2D eigenvalue weighted by Crippen LogP contribution is 2.33. The number of nitrogens with one attached hydrogen (secondary N) is 3. The Balaban J connectivity index is 1.30. The lowest BCUT2D eigenvalue weighted by Gasteiger charge is -2.33. The Bertz CT molecular complexity index is 1290. The molecule has 5 rings (SSSR count). The predicted octanol–water partition coefficient (Wildman–Crippen LogP) is 4.40. The van der Waals surface area contributed by atoms with Crippen LogP contribution < -0.4 is 15.4 Å². The molecule has 2 aromatic carbocycles. The maximum absolute atomic E-state index is 9.00. The number of hydrogen-bond acceptors (Lipinski definition) is 6. The highest BCUT2D eigenvalue weighted by atomic mass is 16.5. The Hall–Kier alpha value is -4.15. The number of nitriles is 1. The molecule has 0 spiro atoms. The molecule has 0 radical (unpaired) electrons. The molecular weight excluding hydrogens is 424 g/mol. The first kappa shape index (κ1) is 21.7. The Morgan fingerprint density at radius 3 is 2.68 bits per heavy atom. The standard InChI is InChI=1S/C27H26N6O/c1-18-30-16-24(33-18)22-13-23-27(32-15-22)34-25(17-31-23)26(21-5-3-2-4-6-21)29-12-11-19-7-9-20(14-28)10-8-19/h2-10,13,15-16,25-26,29,31H,11-12,17H2,1H3,(H,30,33)/t25-,26+/m0/s1. The van der Waals surface area contributed by atoms with Crippen LogP contribution in [0.3, 0.4) is 0 Å². The molecule has 3 heterocycles. The SMILES string of the molecule is Cc1ncc(-c2cnc3c(c2)NC[C@@H]([C@H](NCCc2ccc(C#N)cc2)c2ccccc2)O3)[nH]1. The molecule has 0 aliphatic carbocycles. The molecule has 170 valence electrons. The first-order valence-electron chi connectivity index (χ1n) is 11.4. The van der Waals surface area contributed by atoms with Crippen molar-refractivity contribution < 1.29 is 4.74 Å². The van der Waals surface area contributed by atoms with Gasteiger partial charge in [0.2, 0.25) is 5.88 Å². The fourth-order valence-electron chi connectivity index (χ4n) is 4.21. The molecule has 0 saturated carbocycles. The van der Waals surface area contributed by atoms with Gasteiger partial charge in [-0.15, -0.1) is 0 Å². The van der Waals surface area contributed by atoms with Crippen LogP contribution in [0.15, 0.2) is 73.1 Å². The van der Waals surface area contributed by atoms with E-state index in [2.05, 4.69) is 43.8 Å². The molecule has 0 amide bonds. The number of ether oxygens (including phenoxy) is 1. The topological polar surface area (TPSA) is 98.7 Å². The summed E-state index contributed by atoms with van der Waals surface area (Å²) in [5, 5.41) is 16.2. The summed E-state index contributed by atoms with van der Waals surface area (Å²) in [4.78, 5) is 12.1. The number of rotatable bonds is 7. The maximum Gasteiger partial charge on any atom is 0.237 e. The molecule has 0 fully saturated rings. The van der Waals surface area contributed by atoms with E-state index in [9.17, 15) is 0 Å². The van der Waals surface area contributed by atoms with Crippen molar-refractivity contribution in [2.24, 2.45) is 0 Å². The van der Waals surface area contributed by atoms with Crippen LogP contribution in [-0.2, 0) is 6.42 Å². The van der Waals surface area contributed by atoms with Gasteiger partial charge in [-0.25, -0.2) is 9.97 Å². The summed E-state index contributed by atoms with van der Waals surface area (Å²) in [5.74, 6) is 1.47. The summed E-state index contributed by atoms with van der Waals surface area (Å²) in [5.41, 5.74) is 5.82. The molecule has 1 aliphatic heterocycles. The quantitative estimate of drug-likeness (QED) is 0.386. The minimum atomic E-state index is -0.122. The molecule has 4 aromatic rings. The second kappa shape index (κ2) is 9.77. The zero-order valence-corrected chi connectivity index (χ0v) is 19.0. The molecule has 7 nitrogen and oxygen atoms in total. The minimum absolute atomic E-state index is 0.00281. The lowest BCUT2D eigenvalue weighted by Crippen LogP contribution is -2.43. The summed E-state index contributed by atoms with van der Waals surface area (Å²) in [7, 11) is 0. The van der Waals surface area contributed by atoms with Gasteiger partial charge in [0.1, 0.15) is 11.9 Å². The smallest absolute Gasteiger partial charge is 0.237 e. The number of H-pyrrole nitrogens is 1. The lowest BCUT2D eigenvalue weighted by atomic mass is 9.99. The zero-order chi connectivity index (χ0) is 23.3. The van der Waals surface area contributed by atoms with E-state index in [1.54, 1.807) is 0 Å². The first-order chi connectivity index (χ1) is 16.7. The average Bonchev–Trinajstić information content (AvgIpc) is 3.33. The molecule has 0 unspecified atom stereocenters. The van der Waals surface area contributed by atoms with E-state index >= 15 is 0 Å². The van der Waals surface area contributed by atoms with E-state index in [1.807, 2.05) is 67.8 Å². The summed E-state index contributed by atoms with van der Waals surface area (Å²) in [6.45, 7) is 3.37. The normalized spacial score (nSPS) is 15.5. The summed E-state index contributed by atoms with van der Waals surface area (Å²) in [6, 6.07) is 22.3. The third-order valence-electron chi connectivity index (χ3n) is 6.01. The maximum atomic E-state index is 9.00. The fourth-order valence-corrected chi connectivity index (χ4v) is 4.21. The summed E-state index contributed by atoms with van der Waals surface area (Å²) >= 11 is 0. The second-order valence-corrected chi connectivity index (χ2v) is 8.40. The summed E-state index contributed by atoms with van der Waals surface area (Å²) < 4.78 is 6.38.